The summed E-state index contributed by atoms with van der Waals surface area (Å²) in [6.45, 7) is 4.28. The van der Waals surface area contributed by atoms with Crippen molar-refractivity contribution in [2.45, 2.75) is 26.4 Å². The lowest BCUT2D eigenvalue weighted by Crippen LogP contribution is -2.28. The number of benzene rings is 1. The van der Waals surface area contributed by atoms with Crippen LogP contribution < -0.4 is 4.89 Å². The van der Waals surface area contributed by atoms with Crippen molar-refractivity contribution in [2.75, 3.05) is 0 Å². The fourth-order valence-corrected chi connectivity index (χ4v) is 1.46. The fourth-order valence-electron chi connectivity index (χ4n) is 1.46. The summed E-state index contributed by atoms with van der Waals surface area (Å²) in [5.74, 6) is 1.35. The molecule has 2 nitrogen and oxygen atoms in total. The van der Waals surface area contributed by atoms with Crippen molar-refractivity contribution in [3.8, 4) is 5.75 Å². The van der Waals surface area contributed by atoms with E-state index < -0.39 is 0 Å². The summed E-state index contributed by atoms with van der Waals surface area (Å²) in [6, 6.07) is 8.02. The van der Waals surface area contributed by atoms with E-state index in [-0.39, 0.29) is 6.10 Å². The third-order valence-electron chi connectivity index (χ3n) is 2.40. The predicted molar refractivity (Wildman–Crippen MR) is 50.5 cm³/mol. The monoisotopic (exact) mass is 178 g/mol. The van der Waals surface area contributed by atoms with E-state index in [4.69, 9.17) is 9.78 Å². The molecular formula is C11H14O2. The average molecular weight is 178 g/mol. The SMILES string of the molecule is CC(C)C1Cc2ccccc2OO1. The van der Waals surface area contributed by atoms with Gasteiger partial charge < -0.3 is 4.89 Å². The minimum atomic E-state index is 0.190. The van der Waals surface area contributed by atoms with Gasteiger partial charge in [0.15, 0.2) is 5.75 Å². The molecule has 0 saturated carbocycles. The van der Waals surface area contributed by atoms with Gasteiger partial charge in [0.2, 0.25) is 0 Å². The zero-order valence-electron chi connectivity index (χ0n) is 7.99. The molecule has 70 valence electrons. The van der Waals surface area contributed by atoms with E-state index in [2.05, 4.69) is 19.9 Å². The number of para-hydroxylation sites is 1. The number of fused-ring (bicyclic) bond motifs is 1. The molecule has 0 aliphatic carbocycles. The first-order chi connectivity index (χ1) is 6.27. The molecule has 0 aromatic heterocycles. The summed E-state index contributed by atoms with van der Waals surface area (Å²) in [7, 11) is 0. The highest BCUT2D eigenvalue weighted by atomic mass is 17.2. The van der Waals surface area contributed by atoms with Crippen LogP contribution in [0.25, 0.3) is 0 Å². The molecule has 13 heavy (non-hydrogen) atoms. The Morgan fingerprint density at radius 3 is 2.85 bits per heavy atom. The molecule has 0 bridgehead atoms. The Morgan fingerprint density at radius 1 is 1.31 bits per heavy atom. The van der Waals surface area contributed by atoms with Crippen molar-refractivity contribution < 1.29 is 9.78 Å². The van der Waals surface area contributed by atoms with Gasteiger partial charge in [-0.2, -0.15) is 4.89 Å². The second-order valence-electron chi connectivity index (χ2n) is 3.77. The van der Waals surface area contributed by atoms with Gasteiger partial charge in [-0.05, 0) is 12.0 Å². The van der Waals surface area contributed by atoms with Gasteiger partial charge in [-0.25, -0.2) is 0 Å². The molecule has 2 heteroatoms. The van der Waals surface area contributed by atoms with Crippen LogP contribution in [0.15, 0.2) is 24.3 Å². The average Bonchev–Trinajstić information content (AvgIpc) is 2.17. The second-order valence-corrected chi connectivity index (χ2v) is 3.77. The maximum absolute atomic E-state index is 5.27. The second kappa shape index (κ2) is 3.38. The lowest BCUT2D eigenvalue weighted by Gasteiger charge is -2.26. The minimum Gasteiger partial charge on any atom is -0.337 e. The van der Waals surface area contributed by atoms with E-state index in [0.717, 1.165) is 12.2 Å². The molecule has 1 aliphatic rings. The molecule has 0 N–H and O–H groups in total. The predicted octanol–water partition coefficient (Wildman–Crippen LogP) is 2.58. The lowest BCUT2D eigenvalue weighted by molar-refractivity contribution is -0.264. The van der Waals surface area contributed by atoms with Crippen LogP contribution in [0.2, 0.25) is 0 Å². The molecule has 0 amide bonds. The van der Waals surface area contributed by atoms with Crippen molar-refractivity contribution in [3.63, 3.8) is 0 Å². The Kier molecular flexibility index (Phi) is 2.23. The van der Waals surface area contributed by atoms with Crippen LogP contribution in [0.3, 0.4) is 0 Å². The maximum atomic E-state index is 5.27. The first-order valence-electron chi connectivity index (χ1n) is 4.68. The first kappa shape index (κ1) is 8.57. The van der Waals surface area contributed by atoms with Gasteiger partial charge in [-0.15, -0.1) is 0 Å². The molecule has 0 spiro atoms. The highest BCUT2D eigenvalue weighted by Gasteiger charge is 2.23. The minimum absolute atomic E-state index is 0.190. The quantitative estimate of drug-likeness (QED) is 0.615. The maximum Gasteiger partial charge on any atom is 0.168 e. The van der Waals surface area contributed by atoms with Crippen molar-refractivity contribution in [1.29, 1.82) is 0 Å². The van der Waals surface area contributed by atoms with Gasteiger partial charge in [0.1, 0.15) is 6.10 Å². The topological polar surface area (TPSA) is 18.5 Å². The molecule has 1 aromatic carbocycles. The molecule has 2 rings (SSSR count). The van der Waals surface area contributed by atoms with Crippen LogP contribution >= 0.6 is 0 Å². The number of hydrogen-bond donors (Lipinski definition) is 0. The van der Waals surface area contributed by atoms with Crippen LogP contribution in [0.5, 0.6) is 5.75 Å². The number of hydrogen-bond acceptors (Lipinski definition) is 2. The molecule has 0 radical (unpaired) electrons. The third kappa shape index (κ3) is 1.68. The Hall–Kier alpha value is -1.02. The molecule has 1 atom stereocenters. The molecule has 0 fully saturated rings. The summed E-state index contributed by atoms with van der Waals surface area (Å²) in [4.78, 5) is 10.5. The van der Waals surface area contributed by atoms with Crippen LogP contribution in [-0.2, 0) is 11.3 Å². The van der Waals surface area contributed by atoms with Crippen LogP contribution in [0, 0.1) is 5.92 Å². The highest BCUT2D eigenvalue weighted by Crippen LogP contribution is 2.27. The van der Waals surface area contributed by atoms with Gasteiger partial charge in [-0.1, -0.05) is 32.0 Å². The molecular weight excluding hydrogens is 164 g/mol. The molecule has 1 aliphatic heterocycles. The van der Waals surface area contributed by atoms with Crippen LogP contribution in [0.1, 0.15) is 19.4 Å². The standard InChI is InChI=1S/C11H14O2/c1-8(2)11-7-9-5-3-4-6-10(9)12-13-11/h3-6,8,11H,7H2,1-2H3. The van der Waals surface area contributed by atoms with E-state index in [0.29, 0.717) is 5.92 Å². The zero-order valence-corrected chi connectivity index (χ0v) is 7.99. The first-order valence-corrected chi connectivity index (χ1v) is 4.68. The summed E-state index contributed by atoms with van der Waals surface area (Å²) < 4.78 is 0. The van der Waals surface area contributed by atoms with E-state index in [1.165, 1.54) is 5.56 Å². The molecule has 1 heterocycles. The molecule has 1 unspecified atom stereocenters. The van der Waals surface area contributed by atoms with Gasteiger partial charge >= 0.3 is 0 Å². The van der Waals surface area contributed by atoms with Crippen molar-refractivity contribution >= 4 is 0 Å². The smallest absolute Gasteiger partial charge is 0.168 e. The third-order valence-corrected chi connectivity index (χ3v) is 2.40. The Labute approximate surface area is 78.4 Å². The highest BCUT2D eigenvalue weighted by molar-refractivity contribution is 5.34. The van der Waals surface area contributed by atoms with E-state index >= 15 is 0 Å². The van der Waals surface area contributed by atoms with Crippen LogP contribution in [-0.4, -0.2) is 6.10 Å². The Balaban J connectivity index is 2.20. The van der Waals surface area contributed by atoms with Gasteiger partial charge in [-0.3, -0.25) is 0 Å². The van der Waals surface area contributed by atoms with Gasteiger partial charge in [0.25, 0.3) is 0 Å². The summed E-state index contributed by atoms with van der Waals surface area (Å²) in [5, 5.41) is 0. The van der Waals surface area contributed by atoms with E-state index in [1.54, 1.807) is 0 Å². The van der Waals surface area contributed by atoms with Crippen LogP contribution in [0.4, 0.5) is 0 Å². The lowest BCUT2D eigenvalue weighted by atomic mass is 9.98. The zero-order chi connectivity index (χ0) is 9.26. The Bertz CT molecular complexity index is 294. The molecule has 0 saturated heterocycles. The fraction of sp³-hybridized carbons (Fsp3) is 0.455. The number of rotatable bonds is 1. The molecule has 1 aromatic rings. The van der Waals surface area contributed by atoms with Crippen molar-refractivity contribution in [2.24, 2.45) is 5.92 Å². The van der Waals surface area contributed by atoms with E-state index in [1.807, 2.05) is 18.2 Å². The van der Waals surface area contributed by atoms with E-state index in [9.17, 15) is 0 Å². The summed E-state index contributed by atoms with van der Waals surface area (Å²) >= 11 is 0. The summed E-state index contributed by atoms with van der Waals surface area (Å²) in [6.07, 6.45) is 1.14. The van der Waals surface area contributed by atoms with Crippen molar-refractivity contribution in [3.05, 3.63) is 29.8 Å². The Morgan fingerprint density at radius 2 is 2.08 bits per heavy atom. The van der Waals surface area contributed by atoms with Gasteiger partial charge in [0.05, 0.1) is 0 Å². The van der Waals surface area contributed by atoms with Crippen molar-refractivity contribution in [1.82, 2.24) is 0 Å². The van der Waals surface area contributed by atoms with Gasteiger partial charge in [0, 0.05) is 12.0 Å². The normalized spacial score (nSPS) is 21.0. The largest absolute Gasteiger partial charge is 0.337 e. The summed E-state index contributed by atoms with van der Waals surface area (Å²) in [5.41, 5.74) is 1.24.